The summed E-state index contributed by atoms with van der Waals surface area (Å²) in [6.45, 7) is 9.61. The van der Waals surface area contributed by atoms with Gasteiger partial charge in [-0.05, 0) is 52.4 Å². The van der Waals surface area contributed by atoms with Crippen LogP contribution in [0.25, 0.3) is 0 Å². The fraction of sp³-hybridized carbons (Fsp3) is 0.800. The second kappa shape index (κ2) is 5.02. The van der Waals surface area contributed by atoms with Crippen molar-refractivity contribution in [3.8, 4) is 0 Å². The third kappa shape index (κ3) is 2.97. The van der Waals surface area contributed by atoms with Crippen molar-refractivity contribution in [2.45, 2.75) is 64.2 Å². The zero-order chi connectivity index (χ0) is 15.3. The van der Waals surface area contributed by atoms with Crippen molar-refractivity contribution in [3.05, 3.63) is 11.5 Å². The van der Waals surface area contributed by atoms with E-state index in [-0.39, 0.29) is 24.4 Å². The molecule has 1 N–H and O–H groups in total. The zero-order valence-corrected chi connectivity index (χ0v) is 13.4. The molecule has 3 aliphatic rings. The summed E-state index contributed by atoms with van der Waals surface area (Å²) in [5.74, 6) is 0. The number of rotatable bonds is 2. The predicted molar refractivity (Wildman–Crippen MR) is 81.9 cm³/mol. The molecule has 5 nitrogen and oxygen atoms in total. The second-order valence-electron chi connectivity index (χ2n) is 7.29. The van der Waals surface area contributed by atoms with E-state index in [0.717, 1.165) is 31.3 Å². The number of amides is 2. The molecule has 0 radical (unpaired) electrons. The summed E-state index contributed by atoms with van der Waals surface area (Å²) < 4.78 is 12.1. The second-order valence-corrected chi connectivity index (χ2v) is 7.29. The van der Waals surface area contributed by atoms with E-state index < -0.39 is 0 Å². The standard InChI is InChI=1S/C15H25BN2O3/c1-14(2)15(3,4)21-16(20-14)11-7-9-18(10-8-11)13(19)17-12-5-6-12/h7,12H,5-6,8-10H2,1-4H3,(H,17,19). The van der Waals surface area contributed by atoms with Crippen LogP contribution < -0.4 is 5.32 Å². The molecule has 116 valence electrons. The Labute approximate surface area is 127 Å². The van der Waals surface area contributed by atoms with E-state index in [2.05, 4.69) is 39.1 Å². The molecule has 0 aromatic rings. The molecule has 0 unspecified atom stereocenters. The molecule has 3 rings (SSSR count). The first-order chi connectivity index (χ1) is 9.78. The predicted octanol–water partition coefficient (Wildman–Crippen LogP) is 2.12. The van der Waals surface area contributed by atoms with Gasteiger partial charge in [-0.2, -0.15) is 0 Å². The SMILES string of the molecule is CC1(C)OB(C2=CCN(C(=O)NC3CC3)CC2)OC1(C)C. The monoisotopic (exact) mass is 292 g/mol. The average molecular weight is 292 g/mol. The number of carbonyl (C=O) groups excluding carboxylic acids is 1. The summed E-state index contributed by atoms with van der Waals surface area (Å²) in [5, 5.41) is 3.03. The summed E-state index contributed by atoms with van der Waals surface area (Å²) in [5.41, 5.74) is 0.543. The third-order valence-corrected chi connectivity index (χ3v) is 4.99. The van der Waals surface area contributed by atoms with Crippen molar-refractivity contribution in [3.63, 3.8) is 0 Å². The number of urea groups is 1. The van der Waals surface area contributed by atoms with Crippen LogP contribution >= 0.6 is 0 Å². The quantitative estimate of drug-likeness (QED) is 0.793. The van der Waals surface area contributed by atoms with Gasteiger partial charge in [0, 0.05) is 19.1 Å². The minimum absolute atomic E-state index is 0.0571. The van der Waals surface area contributed by atoms with Crippen LogP contribution in [0.2, 0.25) is 0 Å². The van der Waals surface area contributed by atoms with Gasteiger partial charge in [-0.15, -0.1) is 0 Å². The maximum atomic E-state index is 12.0. The van der Waals surface area contributed by atoms with E-state index in [1.54, 1.807) is 0 Å². The van der Waals surface area contributed by atoms with Crippen LogP contribution in [-0.4, -0.2) is 48.4 Å². The minimum Gasteiger partial charge on any atom is -0.400 e. The highest BCUT2D eigenvalue weighted by molar-refractivity contribution is 6.54. The molecule has 0 aromatic heterocycles. The van der Waals surface area contributed by atoms with Crippen LogP contribution in [0.15, 0.2) is 11.5 Å². The Bertz CT molecular complexity index is 456. The summed E-state index contributed by atoms with van der Waals surface area (Å²) in [7, 11) is -0.274. The Kier molecular flexibility index (Phi) is 3.57. The number of hydrogen-bond acceptors (Lipinski definition) is 3. The molecule has 0 bridgehead atoms. The molecule has 21 heavy (non-hydrogen) atoms. The van der Waals surface area contributed by atoms with Crippen molar-refractivity contribution < 1.29 is 14.1 Å². The Morgan fingerprint density at radius 2 is 1.90 bits per heavy atom. The number of nitrogens with zero attached hydrogens (tertiary/aromatic N) is 1. The zero-order valence-electron chi connectivity index (χ0n) is 13.4. The molecule has 1 saturated carbocycles. The van der Waals surface area contributed by atoms with Crippen LogP contribution in [0.1, 0.15) is 47.0 Å². The third-order valence-electron chi connectivity index (χ3n) is 4.99. The normalized spacial score (nSPS) is 27.5. The highest BCUT2D eigenvalue weighted by Gasteiger charge is 2.52. The minimum atomic E-state index is -0.307. The summed E-state index contributed by atoms with van der Waals surface area (Å²) in [6, 6.07) is 0.465. The molecule has 0 aromatic carbocycles. The lowest BCUT2D eigenvalue weighted by Crippen LogP contribution is -2.44. The average Bonchev–Trinajstić information content (AvgIpc) is 3.17. The maximum Gasteiger partial charge on any atom is 0.490 e. The van der Waals surface area contributed by atoms with Gasteiger partial charge >= 0.3 is 13.1 Å². The first kappa shape index (κ1) is 14.9. The topological polar surface area (TPSA) is 50.8 Å². The van der Waals surface area contributed by atoms with E-state index >= 15 is 0 Å². The lowest BCUT2D eigenvalue weighted by Gasteiger charge is -2.32. The first-order valence-corrected chi connectivity index (χ1v) is 7.88. The van der Waals surface area contributed by atoms with Crippen LogP contribution in [-0.2, 0) is 9.31 Å². The lowest BCUT2D eigenvalue weighted by atomic mass is 9.75. The van der Waals surface area contributed by atoms with Crippen molar-refractivity contribution in [2.24, 2.45) is 0 Å². The Morgan fingerprint density at radius 1 is 1.29 bits per heavy atom. The Morgan fingerprint density at radius 3 is 2.38 bits per heavy atom. The van der Waals surface area contributed by atoms with Crippen LogP contribution in [0, 0.1) is 0 Å². The van der Waals surface area contributed by atoms with E-state index in [9.17, 15) is 4.79 Å². The van der Waals surface area contributed by atoms with E-state index in [1.807, 2.05) is 4.90 Å². The molecule has 2 fully saturated rings. The van der Waals surface area contributed by atoms with Gasteiger partial charge in [-0.1, -0.05) is 6.08 Å². The van der Waals surface area contributed by atoms with E-state index in [4.69, 9.17) is 9.31 Å². The first-order valence-electron chi connectivity index (χ1n) is 7.88. The molecule has 2 heterocycles. The number of nitrogens with one attached hydrogen (secondary N) is 1. The summed E-state index contributed by atoms with van der Waals surface area (Å²) in [4.78, 5) is 13.9. The number of carbonyl (C=O) groups is 1. The van der Waals surface area contributed by atoms with Gasteiger partial charge < -0.3 is 19.5 Å². The molecular weight excluding hydrogens is 267 g/mol. The van der Waals surface area contributed by atoms with Crippen molar-refractivity contribution in [1.29, 1.82) is 0 Å². The largest absolute Gasteiger partial charge is 0.490 e. The molecular formula is C15H25BN2O3. The van der Waals surface area contributed by atoms with E-state index in [1.165, 1.54) is 0 Å². The molecule has 0 atom stereocenters. The Hall–Kier alpha value is -1.01. The maximum absolute atomic E-state index is 12.0. The van der Waals surface area contributed by atoms with Gasteiger partial charge in [0.25, 0.3) is 0 Å². The van der Waals surface area contributed by atoms with Crippen LogP contribution in [0.3, 0.4) is 0 Å². The summed E-state index contributed by atoms with van der Waals surface area (Å²) >= 11 is 0. The molecule has 2 amide bonds. The van der Waals surface area contributed by atoms with Gasteiger partial charge in [-0.3, -0.25) is 0 Å². The highest BCUT2D eigenvalue weighted by atomic mass is 16.7. The molecule has 1 saturated heterocycles. The highest BCUT2D eigenvalue weighted by Crippen LogP contribution is 2.39. The molecule has 1 aliphatic carbocycles. The summed E-state index contributed by atoms with van der Waals surface area (Å²) in [6.07, 6.45) is 5.14. The van der Waals surface area contributed by atoms with Gasteiger partial charge in [-0.25, -0.2) is 4.79 Å². The van der Waals surface area contributed by atoms with Crippen molar-refractivity contribution >= 4 is 13.1 Å². The van der Waals surface area contributed by atoms with Gasteiger partial charge in [0.05, 0.1) is 11.2 Å². The fourth-order valence-corrected chi connectivity index (χ4v) is 2.57. The van der Waals surface area contributed by atoms with Crippen LogP contribution in [0.4, 0.5) is 4.79 Å². The lowest BCUT2D eigenvalue weighted by molar-refractivity contribution is 0.00578. The Balaban J connectivity index is 1.59. The molecule has 0 spiro atoms. The van der Waals surface area contributed by atoms with Crippen molar-refractivity contribution in [1.82, 2.24) is 10.2 Å². The van der Waals surface area contributed by atoms with Crippen LogP contribution in [0.5, 0.6) is 0 Å². The van der Waals surface area contributed by atoms with Crippen molar-refractivity contribution in [2.75, 3.05) is 13.1 Å². The van der Waals surface area contributed by atoms with Gasteiger partial charge in [0.1, 0.15) is 0 Å². The fourth-order valence-electron chi connectivity index (χ4n) is 2.57. The molecule has 6 heteroatoms. The van der Waals surface area contributed by atoms with Gasteiger partial charge in [0.15, 0.2) is 0 Å². The van der Waals surface area contributed by atoms with E-state index in [0.29, 0.717) is 12.6 Å². The number of hydrogen-bond donors (Lipinski definition) is 1. The molecule has 2 aliphatic heterocycles. The smallest absolute Gasteiger partial charge is 0.400 e. The van der Waals surface area contributed by atoms with Gasteiger partial charge in [0.2, 0.25) is 0 Å².